The van der Waals surface area contributed by atoms with Crippen molar-refractivity contribution in [2.75, 3.05) is 46.8 Å². The third-order valence-corrected chi connectivity index (χ3v) is 6.23. The lowest BCUT2D eigenvalue weighted by Crippen LogP contribution is -2.42. The molecule has 0 aliphatic carbocycles. The molecule has 0 N–H and O–H groups in total. The summed E-state index contributed by atoms with van der Waals surface area (Å²) in [5.41, 5.74) is 3.06. The zero-order valence-corrected chi connectivity index (χ0v) is 17.1. The second-order valence-corrected chi connectivity index (χ2v) is 8.77. The summed E-state index contributed by atoms with van der Waals surface area (Å²) in [6.07, 6.45) is 1.75. The summed E-state index contributed by atoms with van der Waals surface area (Å²) in [4.78, 5) is 24.4. The molecule has 1 aromatic carbocycles. The van der Waals surface area contributed by atoms with Gasteiger partial charge >= 0.3 is 0 Å². The number of benzene rings is 1. The highest BCUT2D eigenvalue weighted by Crippen LogP contribution is 2.43. The SMILES string of the molecule is Cc1ncccc1C(=O)N1C[C@H]2CN(Cc3ccccc3)C[C@@]2(CN(C)C)C1. The van der Waals surface area contributed by atoms with Crippen molar-refractivity contribution in [3.8, 4) is 0 Å². The normalized spacial score (nSPS) is 24.7. The fraction of sp³-hybridized carbons (Fsp3) is 0.478. The van der Waals surface area contributed by atoms with E-state index in [-0.39, 0.29) is 11.3 Å². The number of carbonyl (C=O) groups excluding carboxylic acids is 1. The van der Waals surface area contributed by atoms with Crippen LogP contribution in [0.15, 0.2) is 48.7 Å². The molecular formula is C23H30N4O. The Labute approximate surface area is 168 Å². The van der Waals surface area contributed by atoms with E-state index in [2.05, 4.69) is 64.1 Å². The number of rotatable bonds is 5. The lowest BCUT2D eigenvalue weighted by molar-refractivity contribution is 0.0746. The molecule has 0 radical (unpaired) electrons. The molecule has 4 rings (SSSR count). The highest BCUT2D eigenvalue weighted by atomic mass is 16.2. The van der Waals surface area contributed by atoms with Gasteiger partial charge in [-0.2, -0.15) is 0 Å². The third kappa shape index (κ3) is 3.69. The van der Waals surface area contributed by atoms with Gasteiger partial charge in [0.05, 0.1) is 5.56 Å². The number of hydrogen-bond donors (Lipinski definition) is 0. The summed E-state index contributed by atoms with van der Waals surface area (Å²) < 4.78 is 0. The third-order valence-electron chi connectivity index (χ3n) is 6.23. The van der Waals surface area contributed by atoms with Crippen LogP contribution in [0.3, 0.4) is 0 Å². The van der Waals surface area contributed by atoms with E-state index in [0.29, 0.717) is 5.92 Å². The van der Waals surface area contributed by atoms with Crippen molar-refractivity contribution in [2.45, 2.75) is 13.5 Å². The molecule has 2 aromatic rings. The van der Waals surface area contributed by atoms with Gasteiger partial charge in [-0.1, -0.05) is 30.3 Å². The van der Waals surface area contributed by atoms with Crippen molar-refractivity contribution in [2.24, 2.45) is 11.3 Å². The van der Waals surface area contributed by atoms with Crippen LogP contribution in [0.25, 0.3) is 0 Å². The van der Waals surface area contributed by atoms with Crippen LogP contribution in [0.2, 0.25) is 0 Å². The maximum absolute atomic E-state index is 13.2. The number of likely N-dealkylation sites (tertiary alicyclic amines) is 2. The topological polar surface area (TPSA) is 39.7 Å². The lowest BCUT2D eigenvalue weighted by Gasteiger charge is -2.32. The molecule has 5 nitrogen and oxygen atoms in total. The van der Waals surface area contributed by atoms with E-state index in [9.17, 15) is 4.79 Å². The van der Waals surface area contributed by atoms with Crippen LogP contribution in [0, 0.1) is 18.3 Å². The van der Waals surface area contributed by atoms with Gasteiger partial charge in [0.1, 0.15) is 0 Å². The Hall–Kier alpha value is -2.24. The van der Waals surface area contributed by atoms with Crippen LogP contribution in [0.1, 0.15) is 21.6 Å². The minimum Gasteiger partial charge on any atom is -0.338 e. The molecule has 1 aromatic heterocycles. The van der Waals surface area contributed by atoms with Crippen molar-refractivity contribution >= 4 is 5.91 Å². The molecule has 148 valence electrons. The first-order valence-electron chi connectivity index (χ1n) is 10.1. The Morgan fingerprint density at radius 3 is 2.64 bits per heavy atom. The largest absolute Gasteiger partial charge is 0.338 e. The zero-order valence-electron chi connectivity index (χ0n) is 17.1. The molecule has 2 fully saturated rings. The van der Waals surface area contributed by atoms with Crippen LogP contribution in [-0.2, 0) is 6.54 Å². The van der Waals surface area contributed by atoms with E-state index >= 15 is 0 Å². The summed E-state index contributed by atoms with van der Waals surface area (Å²) in [5, 5.41) is 0. The van der Waals surface area contributed by atoms with E-state index in [4.69, 9.17) is 0 Å². The molecule has 2 aliphatic rings. The van der Waals surface area contributed by atoms with Gasteiger partial charge in [0, 0.05) is 56.6 Å². The molecule has 0 spiro atoms. The van der Waals surface area contributed by atoms with Crippen LogP contribution < -0.4 is 0 Å². The number of hydrogen-bond acceptors (Lipinski definition) is 4. The molecule has 2 saturated heterocycles. The molecule has 5 heteroatoms. The van der Waals surface area contributed by atoms with Crippen LogP contribution in [0.5, 0.6) is 0 Å². The molecule has 1 amide bonds. The van der Waals surface area contributed by atoms with Crippen LogP contribution in [0.4, 0.5) is 0 Å². The fourth-order valence-corrected chi connectivity index (χ4v) is 5.14. The molecule has 3 heterocycles. The zero-order chi connectivity index (χ0) is 19.7. The van der Waals surface area contributed by atoms with E-state index < -0.39 is 0 Å². The minimum atomic E-state index is 0.132. The number of aromatic nitrogens is 1. The van der Waals surface area contributed by atoms with Gasteiger partial charge in [-0.3, -0.25) is 14.7 Å². The van der Waals surface area contributed by atoms with Crippen molar-refractivity contribution < 1.29 is 4.79 Å². The average Bonchev–Trinajstić information content (AvgIpc) is 3.14. The Morgan fingerprint density at radius 1 is 1.14 bits per heavy atom. The van der Waals surface area contributed by atoms with Gasteiger partial charge in [-0.05, 0) is 44.6 Å². The molecule has 0 bridgehead atoms. The van der Waals surface area contributed by atoms with Crippen molar-refractivity contribution in [3.63, 3.8) is 0 Å². The van der Waals surface area contributed by atoms with E-state index in [1.807, 2.05) is 19.1 Å². The number of nitrogens with zero attached hydrogens (tertiary/aromatic N) is 4. The van der Waals surface area contributed by atoms with Gasteiger partial charge in [-0.15, -0.1) is 0 Å². The number of carbonyl (C=O) groups is 1. The first-order chi connectivity index (χ1) is 13.5. The summed E-state index contributed by atoms with van der Waals surface area (Å²) in [6.45, 7) is 7.68. The summed E-state index contributed by atoms with van der Waals surface area (Å²) in [7, 11) is 4.28. The number of fused-ring (bicyclic) bond motifs is 1. The van der Waals surface area contributed by atoms with Crippen LogP contribution >= 0.6 is 0 Å². The predicted molar refractivity (Wildman–Crippen MR) is 111 cm³/mol. The van der Waals surface area contributed by atoms with E-state index in [0.717, 1.165) is 50.5 Å². The highest BCUT2D eigenvalue weighted by Gasteiger charge is 2.53. The molecular weight excluding hydrogens is 348 g/mol. The summed E-state index contributed by atoms with van der Waals surface area (Å²) in [6, 6.07) is 14.4. The molecule has 0 saturated carbocycles. The van der Waals surface area contributed by atoms with Gasteiger partial charge in [0.15, 0.2) is 0 Å². The number of pyridine rings is 1. The predicted octanol–water partition coefficient (Wildman–Crippen LogP) is 2.53. The molecule has 2 aliphatic heterocycles. The first-order valence-corrected chi connectivity index (χ1v) is 10.1. The Bertz CT molecular complexity index is 838. The van der Waals surface area contributed by atoms with Crippen LogP contribution in [-0.4, -0.2) is 72.4 Å². The van der Waals surface area contributed by atoms with E-state index in [1.165, 1.54) is 5.56 Å². The molecule has 0 unspecified atom stereocenters. The smallest absolute Gasteiger partial charge is 0.255 e. The van der Waals surface area contributed by atoms with Gasteiger partial charge in [-0.25, -0.2) is 0 Å². The maximum atomic E-state index is 13.2. The number of aryl methyl sites for hydroxylation is 1. The summed E-state index contributed by atoms with van der Waals surface area (Å²) in [5.74, 6) is 0.646. The Morgan fingerprint density at radius 2 is 1.93 bits per heavy atom. The summed E-state index contributed by atoms with van der Waals surface area (Å²) >= 11 is 0. The number of amides is 1. The first kappa shape index (κ1) is 19.1. The Kier molecular flexibility index (Phi) is 5.21. The molecule has 2 atom stereocenters. The maximum Gasteiger partial charge on any atom is 0.255 e. The minimum absolute atomic E-state index is 0.132. The molecule has 28 heavy (non-hydrogen) atoms. The van der Waals surface area contributed by atoms with Gasteiger partial charge < -0.3 is 9.80 Å². The van der Waals surface area contributed by atoms with E-state index in [1.54, 1.807) is 6.20 Å². The van der Waals surface area contributed by atoms with Crippen molar-refractivity contribution in [1.82, 2.24) is 19.7 Å². The Balaban J connectivity index is 1.51. The quantitative estimate of drug-likeness (QED) is 0.802. The van der Waals surface area contributed by atoms with Crippen molar-refractivity contribution in [3.05, 3.63) is 65.5 Å². The van der Waals surface area contributed by atoms with Gasteiger partial charge in [0.25, 0.3) is 5.91 Å². The standard InChI is InChI=1S/C23H30N4O/c1-18-21(10-7-11-24-18)22(28)27-14-20-13-26(12-19-8-5-4-6-9-19)16-23(20,17-27)15-25(2)3/h4-11,20H,12-17H2,1-3H3/t20-,23+/m1/s1. The average molecular weight is 379 g/mol. The second-order valence-electron chi connectivity index (χ2n) is 8.77. The lowest BCUT2D eigenvalue weighted by atomic mass is 9.80. The van der Waals surface area contributed by atoms with Crippen molar-refractivity contribution in [1.29, 1.82) is 0 Å². The van der Waals surface area contributed by atoms with Gasteiger partial charge in [0.2, 0.25) is 0 Å². The highest BCUT2D eigenvalue weighted by molar-refractivity contribution is 5.95. The second kappa shape index (κ2) is 7.64. The fourth-order valence-electron chi connectivity index (χ4n) is 5.14. The monoisotopic (exact) mass is 378 g/mol.